The molecule has 1 aliphatic heterocycles. The minimum absolute atomic E-state index is 0.0558. The first-order valence-electron chi connectivity index (χ1n) is 4.33. The Balaban J connectivity index is 2.26. The summed E-state index contributed by atoms with van der Waals surface area (Å²) >= 11 is 3.52. The van der Waals surface area contributed by atoms with Crippen molar-refractivity contribution in [1.29, 1.82) is 0 Å². The molecule has 1 heterocycles. The summed E-state index contributed by atoms with van der Waals surface area (Å²) < 4.78 is 24.0. The van der Waals surface area contributed by atoms with E-state index in [4.69, 9.17) is 0 Å². The highest BCUT2D eigenvalue weighted by Gasteiger charge is 2.17. The van der Waals surface area contributed by atoms with E-state index in [2.05, 4.69) is 15.9 Å². The molecule has 1 aliphatic rings. The van der Waals surface area contributed by atoms with Gasteiger partial charge in [0.2, 0.25) is 0 Å². The van der Waals surface area contributed by atoms with E-state index in [-0.39, 0.29) is 6.54 Å². The van der Waals surface area contributed by atoms with E-state index in [0.717, 1.165) is 32.4 Å². The van der Waals surface area contributed by atoms with Crippen LogP contribution in [0.3, 0.4) is 0 Å². The van der Waals surface area contributed by atoms with Gasteiger partial charge < -0.3 is 0 Å². The molecule has 0 amide bonds. The van der Waals surface area contributed by atoms with E-state index in [1.807, 2.05) is 4.90 Å². The molecule has 0 radical (unpaired) electrons. The van der Waals surface area contributed by atoms with Crippen LogP contribution in [0.1, 0.15) is 19.3 Å². The van der Waals surface area contributed by atoms with E-state index in [1.54, 1.807) is 0 Å². The molecule has 1 unspecified atom stereocenters. The van der Waals surface area contributed by atoms with Gasteiger partial charge in [-0.05, 0) is 32.4 Å². The van der Waals surface area contributed by atoms with Crippen LogP contribution in [0, 0.1) is 0 Å². The first-order valence-corrected chi connectivity index (χ1v) is 5.24. The van der Waals surface area contributed by atoms with Crippen molar-refractivity contribution in [2.24, 2.45) is 0 Å². The Morgan fingerprint density at radius 3 is 2.75 bits per heavy atom. The van der Waals surface area contributed by atoms with Crippen molar-refractivity contribution in [2.75, 3.05) is 19.6 Å². The lowest BCUT2D eigenvalue weighted by atomic mass is 10.2. The Kier molecular flexibility index (Phi) is 4.43. The zero-order valence-corrected chi connectivity index (χ0v) is 8.56. The van der Waals surface area contributed by atoms with Gasteiger partial charge in [0.05, 0.1) is 6.54 Å². The average molecular weight is 242 g/mol. The van der Waals surface area contributed by atoms with Crippen molar-refractivity contribution >= 4 is 15.9 Å². The quantitative estimate of drug-likeness (QED) is 0.672. The third-order valence-corrected chi connectivity index (χ3v) is 3.06. The molecule has 0 bridgehead atoms. The SMILES string of the molecule is FC(F)CN1CCCC(Br)CC1. The standard InChI is InChI=1S/C8H14BrF2N/c9-7-2-1-4-12(5-3-7)6-8(10)11/h7-8H,1-6H2. The third kappa shape index (κ3) is 3.81. The Morgan fingerprint density at radius 2 is 2.08 bits per heavy atom. The number of alkyl halides is 3. The topological polar surface area (TPSA) is 3.24 Å². The van der Waals surface area contributed by atoms with Crippen LogP contribution in [0.4, 0.5) is 8.78 Å². The average Bonchev–Trinajstić information content (AvgIpc) is 2.15. The van der Waals surface area contributed by atoms with Crippen LogP contribution in [0.5, 0.6) is 0 Å². The summed E-state index contributed by atoms with van der Waals surface area (Å²) in [6, 6.07) is 0. The Morgan fingerprint density at radius 1 is 1.33 bits per heavy atom. The lowest BCUT2D eigenvalue weighted by Crippen LogP contribution is -2.29. The minimum Gasteiger partial charge on any atom is -0.298 e. The van der Waals surface area contributed by atoms with Crippen LogP contribution < -0.4 is 0 Å². The summed E-state index contributed by atoms with van der Waals surface area (Å²) in [4.78, 5) is 2.38. The molecule has 1 atom stereocenters. The normalized spacial score (nSPS) is 27.5. The van der Waals surface area contributed by atoms with E-state index >= 15 is 0 Å². The van der Waals surface area contributed by atoms with Gasteiger partial charge in [0.25, 0.3) is 6.43 Å². The maximum absolute atomic E-state index is 12.0. The molecule has 0 aliphatic carbocycles. The second-order valence-corrected chi connectivity index (χ2v) is 4.51. The Labute approximate surface area is 80.2 Å². The van der Waals surface area contributed by atoms with Crippen LogP contribution in [0.2, 0.25) is 0 Å². The summed E-state index contributed by atoms with van der Waals surface area (Å²) in [6.45, 7) is 1.58. The first-order chi connectivity index (χ1) is 5.68. The highest BCUT2D eigenvalue weighted by atomic mass is 79.9. The van der Waals surface area contributed by atoms with Crippen molar-refractivity contribution in [2.45, 2.75) is 30.5 Å². The van der Waals surface area contributed by atoms with Crippen LogP contribution in [0.15, 0.2) is 0 Å². The monoisotopic (exact) mass is 241 g/mol. The Bertz CT molecular complexity index is 132. The summed E-state index contributed by atoms with van der Waals surface area (Å²) in [5, 5.41) is 0. The predicted molar refractivity (Wildman–Crippen MR) is 49.0 cm³/mol. The number of hydrogen-bond donors (Lipinski definition) is 0. The fraction of sp³-hybridized carbons (Fsp3) is 1.00. The number of rotatable bonds is 2. The van der Waals surface area contributed by atoms with Crippen LogP contribution in [0.25, 0.3) is 0 Å². The molecule has 12 heavy (non-hydrogen) atoms. The van der Waals surface area contributed by atoms with Crippen molar-refractivity contribution in [3.05, 3.63) is 0 Å². The molecule has 1 fully saturated rings. The number of likely N-dealkylation sites (tertiary alicyclic amines) is 1. The summed E-state index contributed by atoms with van der Waals surface area (Å²) in [5.74, 6) is 0. The van der Waals surface area contributed by atoms with Crippen molar-refractivity contribution in [3.63, 3.8) is 0 Å². The molecule has 1 saturated heterocycles. The van der Waals surface area contributed by atoms with Gasteiger partial charge in [0.15, 0.2) is 0 Å². The molecule has 0 saturated carbocycles. The van der Waals surface area contributed by atoms with Gasteiger partial charge in [0, 0.05) is 4.83 Å². The minimum atomic E-state index is -2.18. The van der Waals surface area contributed by atoms with Gasteiger partial charge in [-0.15, -0.1) is 0 Å². The third-order valence-electron chi connectivity index (χ3n) is 2.15. The molecule has 0 aromatic heterocycles. The van der Waals surface area contributed by atoms with E-state index in [0.29, 0.717) is 4.83 Å². The van der Waals surface area contributed by atoms with Gasteiger partial charge >= 0.3 is 0 Å². The zero-order valence-electron chi connectivity index (χ0n) is 6.98. The first kappa shape index (κ1) is 10.4. The fourth-order valence-corrected chi connectivity index (χ4v) is 2.02. The number of nitrogens with zero attached hydrogens (tertiary/aromatic N) is 1. The van der Waals surface area contributed by atoms with Crippen molar-refractivity contribution in [3.8, 4) is 0 Å². The Hall–Kier alpha value is 0.300. The molecule has 4 heteroatoms. The van der Waals surface area contributed by atoms with Crippen LogP contribution in [-0.4, -0.2) is 35.8 Å². The lowest BCUT2D eigenvalue weighted by molar-refractivity contribution is 0.0901. The summed E-state index contributed by atoms with van der Waals surface area (Å²) in [7, 11) is 0. The number of halogens is 3. The highest BCUT2D eigenvalue weighted by Crippen LogP contribution is 2.18. The molecule has 0 N–H and O–H groups in total. The van der Waals surface area contributed by atoms with Crippen LogP contribution in [-0.2, 0) is 0 Å². The van der Waals surface area contributed by atoms with Gasteiger partial charge in [-0.1, -0.05) is 15.9 Å². The molecule has 72 valence electrons. The highest BCUT2D eigenvalue weighted by molar-refractivity contribution is 9.09. The van der Waals surface area contributed by atoms with Gasteiger partial charge in [-0.25, -0.2) is 8.78 Å². The van der Waals surface area contributed by atoms with Gasteiger partial charge in [-0.2, -0.15) is 0 Å². The van der Waals surface area contributed by atoms with E-state index in [1.165, 1.54) is 0 Å². The van der Waals surface area contributed by atoms with Gasteiger partial charge in [-0.3, -0.25) is 4.90 Å². The van der Waals surface area contributed by atoms with Crippen molar-refractivity contribution in [1.82, 2.24) is 4.90 Å². The second-order valence-electron chi connectivity index (χ2n) is 3.22. The van der Waals surface area contributed by atoms with E-state index < -0.39 is 6.43 Å². The largest absolute Gasteiger partial charge is 0.298 e. The molecule has 0 aromatic carbocycles. The fourth-order valence-electron chi connectivity index (χ4n) is 1.49. The summed E-state index contributed by atoms with van der Waals surface area (Å²) in [5.41, 5.74) is 0. The maximum Gasteiger partial charge on any atom is 0.251 e. The molecule has 0 aromatic rings. The summed E-state index contributed by atoms with van der Waals surface area (Å²) in [6.07, 6.45) is 0.951. The van der Waals surface area contributed by atoms with Gasteiger partial charge in [0.1, 0.15) is 0 Å². The smallest absolute Gasteiger partial charge is 0.251 e. The molecule has 0 spiro atoms. The molecular weight excluding hydrogens is 228 g/mol. The predicted octanol–water partition coefficient (Wildman–Crippen LogP) is 2.50. The molecule has 1 nitrogen and oxygen atoms in total. The zero-order chi connectivity index (χ0) is 8.97. The van der Waals surface area contributed by atoms with Crippen LogP contribution >= 0.6 is 15.9 Å². The van der Waals surface area contributed by atoms with E-state index in [9.17, 15) is 8.78 Å². The van der Waals surface area contributed by atoms with Crippen molar-refractivity contribution < 1.29 is 8.78 Å². The molecular formula is C8H14BrF2N. The number of hydrogen-bond acceptors (Lipinski definition) is 1. The lowest BCUT2D eigenvalue weighted by Gasteiger charge is -2.18. The molecule has 1 rings (SSSR count). The maximum atomic E-state index is 12.0. The second kappa shape index (κ2) is 5.12.